The largest absolute Gasteiger partial charge is 0.270 e. The van der Waals surface area contributed by atoms with Crippen molar-refractivity contribution in [1.82, 2.24) is 19.7 Å². The van der Waals surface area contributed by atoms with Gasteiger partial charge in [0.2, 0.25) is 0 Å². The Morgan fingerprint density at radius 3 is 2.80 bits per heavy atom. The molecule has 0 spiro atoms. The van der Waals surface area contributed by atoms with Crippen LogP contribution in [0, 0.1) is 6.92 Å². The van der Waals surface area contributed by atoms with Crippen molar-refractivity contribution in [2.45, 2.75) is 17.7 Å². The quantitative estimate of drug-likeness (QED) is 0.534. The van der Waals surface area contributed by atoms with E-state index in [1.807, 2.05) is 36.9 Å². The van der Waals surface area contributed by atoms with Crippen LogP contribution >= 0.6 is 27.7 Å². The predicted molar refractivity (Wildman–Crippen MR) is 84.7 cm³/mol. The van der Waals surface area contributed by atoms with Crippen molar-refractivity contribution >= 4 is 38.6 Å². The molecule has 2 heterocycles. The third kappa shape index (κ3) is 2.45. The average Bonchev–Trinajstić information content (AvgIpc) is 2.70. The lowest BCUT2D eigenvalue weighted by molar-refractivity contribution is 0.727. The van der Waals surface area contributed by atoms with Crippen LogP contribution in [-0.4, -0.2) is 19.7 Å². The van der Waals surface area contributed by atoms with E-state index in [9.17, 15) is 0 Å². The highest BCUT2D eigenvalue weighted by Crippen LogP contribution is 2.30. The number of hydrogen-bond donors (Lipinski definition) is 0. The van der Waals surface area contributed by atoms with Gasteiger partial charge in [-0.15, -0.1) is 0 Å². The number of nitrogens with zero attached hydrogens (tertiary/aromatic N) is 4. The summed E-state index contributed by atoms with van der Waals surface area (Å²) in [5.74, 6) is 0.818. The fraction of sp³-hybridized carbons (Fsp3) is 0.214. The molecule has 0 N–H and O–H groups in total. The minimum absolute atomic E-state index is 0.818. The van der Waals surface area contributed by atoms with Gasteiger partial charge < -0.3 is 0 Å². The van der Waals surface area contributed by atoms with Crippen molar-refractivity contribution in [2.24, 2.45) is 7.05 Å². The Kier molecular flexibility index (Phi) is 3.76. The zero-order chi connectivity index (χ0) is 14.1. The summed E-state index contributed by atoms with van der Waals surface area (Å²) in [6.45, 7) is 2.00. The third-order valence-electron chi connectivity index (χ3n) is 3.11. The first-order valence-electron chi connectivity index (χ1n) is 6.17. The van der Waals surface area contributed by atoms with E-state index in [0.29, 0.717) is 0 Å². The van der Waals surface area contributed by atoms with Gasteiger partial charge in [-0.2, -0.15) is 5.10 Å². The average molecular weight is 349 g/mol. The second-order valence-electron chi connectivity index (χ2n) is 4.45. The molecule has 0 aliphatic carbocycles. The van der Waals surface area contributed by atoms with Crippen LogP contribution in [-0.2, 0) is 12.8 Å². The molecule has 0 atom stereocenters. The standard InChI is InChI=1S/C14H13BrN4S/c1-9-13(15)12(19(2)18-9)7-20-14-10-5-3-4-6-11(10)16-8-17-14/h3-6,8H,7H2,1-2H3. The molecule has 1 aromatic carbocycles. The second kappa shape index (κ2) is 5.54. The van der Waals surface area contributed by atoms with Crippen molar-refractivity contribution < 1.29 is 0 Å². The summed E-state index contributed by atoms with van der Waals surface area (Å²) in [6, 6.07) is 8.07. The van der Waals surface area contributed by atoms with Crippen LogP contribution < -0.4 is 0 Å². The minimum Gasteiger partial charge on any atom is -0.270 e. The molecule has 0 saturated heterocycles. The number of benzene rings is 1. The molecule has 0 fully saturated rings. The highest BCUT2D eigenvalue weighted by molar-refractivity contribution is 9.10. The van der Waals surface area contributed by atoms with Crippen LogP contribution in [0.2, 0.25) is 0 Å². The van der Waals surface area contributed by atoms with Gasteiger partial charge in [-0.25, -0.2) is 9.97 Å². The molecule has 0 amide bonds. The molecule has 3 aromatic rings. The molecule has 0 unspecified atom stereocenters. The van der Waals surface area contributed by atoms with Gasteiger partial charge in [-0.05, 0) is 28.9 Å². The lowest BCUT2D eigenvalue weighted by atomic mass is 10.2. The second-order valence-corrected chi connectivity index (χ2v) is 6.21. The fourth-order valence-corrected chi connectivity index (χ4v) is 3.78. The summed E-state index contributed by atoms with van der Waals surface area (Å²) < 4.78 is 2.99. The number of aryl methyl sites for hydroxylation is 2. The molecule has 0 bridgehead atoms. The first-order valence-corrected chi connectivity index (χ1v) is 7.95. The van der Waals surface area contributed by atoms with E-state index in [2.05, 4.69) is 37.1 Å². The number of rotatable bonds is 3. The van der Waals surface area contributed by atoms with Gasteiger partial charge in [0.05, 0.1) is 21.4 Å². The Morgan fingerprint density at radius 2 is 2.05 bits per heavy atom. The van der Waals surface area contributed by atoms with Gasteiger partial charge in [0.1, 0.15) is 11.4 Å². The minimum atomic E-state index is 0.818. The summed E-state index contributed by atoms with van der Waals surface area (Å²) >= 11 is 5.30. The van der Waals surface area contributed by atoms with Crippen LogP contribution in [0.5, 0.6) is 0 Å². The topological polar surface area (TPSA) is 43.6 Å². The van der Waals surface area contributed by atoms with Gasteiger partial charge in [-0.3, -0.25) is 4.68 Å². The fourth-order valence-electron chi connectivity index (χ4n) is 2.07. The number of halogens is 1. The lowest BCUT2D eigenvalue weighted by Gasteiger charge is -2.05. The van der Waals surface area contributed by atoms with Crippen LogP contribution in [0.1, 0.15) is 11.4 Å². The SMILES string of the molecule is Cc1nn(C)c(CSc2ncnc3ccccc23)c1Br. The van der Waals surface area contributed by atoms with E-state index < -0.39 is 0 Å². The van der Waals surface area contributed by atoms with Crippen molar-refractivity contribution in [2.75, 3.05) is 0 Å². The molecule has 3 rings (SSSR count). The smallest absolute Gasteiger partial charge is 0.117 e. The Bertz CT molecular complexity index is 764. The van der Waals surface area contributed by atoms with E-state index in [0.717, 1.165) is 37.5 Å². The molecule has 0 saturated carbocycles. The molecule has 102 valence electrons. The summed E-state index contributed by atoms with van der Waals surface area (Å²) in [4.78, 5) is 8.68. The first-order chi connectivity index (χ1) is 9.66. The molecule has 2 aromatic heterocycles. The monoisotopic (exact) mass is 348 g/mol. The van der Waals surface area contributed by atoms with Gasteiger partial charge >= 0.3 is 0 Å². The Balaban J connectivity index is 1.91. The Hall–Kier alpha value is -1.40. The van der Waals surface area contributed by atoms with Crippen molar-refractivity contribution in [3.05, 3.63) is 46.5 Å². The van der Waals surface area contributed by atoms with Crippen molar-refractivity contribution in [1.29, 1.82) is 0 Å². The van der Waals surface area contributed by atoms with Crippen LogP contribution in [0.15, 0.2) is 40.1 Å². The van der Waals surface area contributed by atoms with E-state index in [1.54, 1.807) is 18.1 Å². The van der Waals surface area contributed by atoms with E-state index >= 15 is 0 Å². The summed E-state index contributed by atoms with van der Waals surface area (Å²) in [5, 5.41) is 6.50. The number of hydrogen-bond acceptors (Lipinski definition) is 4. The van der Waals surface area contributed by atoms with Crippen molar-refractivity contribution in [3.8, 4) is 0 Å². The molecule has 20 heavy (non-hydrogen) atoms. The maximum absolute atomic E-state index is 4.41. The van der Waals surface area contributed by atoms with E-state index in [1.165, 1.54) is 0 Å². The molecule has 0 aliphatic rings. The zero-order valence-corrected chi connectivity index (χ0v) is 13.6. The summed E-state index contributed by atoms with van der Waals surface area (Å²) in [5.41, 5.74) is 3.15. The maximum Gasteiger partial charge on any atom is 0.117 e. The summed E-state index contributed by atoms with van der Waals surface area (Å²) in [7, 11) is 1.96. The first kappa shape index (κ1) is 13.6. The number of aromatic nitrogens is 4. The van der Waals surface area contributed by atoms with Gasteiger partial charge in [0, 0.05) is 18.2 Å². The van der Waals surface area contributed by atoms with Crippen LogP contribution in [0.25, 0.3) is 10.9 Å². The predicted octanol–water partition coefficient (Wildman–Crippen LogP) is 3.73. The van der Waals surface area contributed by atoms with Gasteiger partial charge in [0.15, 0.2) is 0 Å². The molecular weight excluding hydrogens is 336 g/mol. The highest BCUT2D eigenvalue weighted by atomic mass is 79.9. The normalized spacial score (nSPS) is 11.2. The Labute approximate surface area is 129 Å². The number of para-hydroxylation sites is 1. The van der Waals surface area contributed by atoms with Gasteiger partial charge in [-0.1, -0.05) is 30.0 Å². The van der Waals surface area contributed by atoms with E-state index in [-0.39, 0.29) is 0 Å². The molecule has 6 heteroatoms. The maximum atomic E-state index is 4.41. The van der Waals surface area contributed by atoms with Crippen LogP contribution in [0.3, 0.4) is 0 Å². The molecule has 4 nitrogen and oxygen atoms in total. The van der Waals surface area contributed by atoms with Crippen molar-refractivity contribution in [3.63, 3.8) is 0 Å². The van der Waals surface area contributed by atoms with Gasteiger partial charge in [0.25, 0.3) is 0 Å². The number of fused-ring (bicyclic) bond motifs is 1. The highest BCUT2D eigenvalue weighted by Gasteiger charge is 2.12. The molecular formula is C14H13BrN4S. The lowest BCUT2D eigenvalue weighted by Crippen LogP contribution is -1.97. The van der Waals surface area contributed by atoms with E-state index in [4.69, 9.17) is 0 Å². The Morgan fingerprint density at radius 1 is 1.25 bits per heavy atom. The summed E-state index contributed by atoms with van der Waals surface area (Å²) in [6.07, 6.45) is 1.62. The van der Waals surface area contributed by atoms with Crippen LogP contribution in [0.4, 0.5) is 0 Å². The number of thioether (sulfide) groups is 1. The zero-order valence-electron chi connectivity index (χ0n) is 11.2. The molecule has 0 radical (unpaired) electrons. The third-order valence-corrected chi connectivity index (χ3v) is 5.16. The molecule has 0 aliphatic heterocycles.